The molecule has 4 heteroatoms. The molecule has 4 nitrogen and oxygen atoms in total. The van der Waals surface area contributed by atoms with Crippen LogP contribution in [0.15, 0.2) is 30.6 Å². The Hall–Kier alpha value is -1.94. The summed E-state index contributed by atoms with van der Waals surface area (Å²) in [5, 5.41) is 3.05. The lowest BCUT2D eigenvalue weighted by molar-refractivity contribution is 0.452. The molecule has 1 aromatic heterocycles. The van der Waals surface area contributed by atoms with Gasteiger partial charge >= 0.3 is 0 Å². The Morgan fingerprint density at radius 3 is 2.57 bits per heavy atom. The van der Waals surface area contributed by atoms with E-state index in [0.29, 0.717) is 12.4 Å². The summed E-state index contributed by atoms with van der Waals surface area (Å²) >= 11 is 0. The quantitative estimate of drug-likeness (QED) is 0.932. The SMILES string of the molecule is CNCc1cncc(Oc2ccc(C(C)(C)C)cc2C)n1. The summed E-state index contributed by atoms with van der Waals surface area (Å²) in [6.07, 6.45) is 3.37. The zero-order chi connectivity index (χ0) is 15.5. The lowest BCUT2D eigenvalue weighted by Crippen LogP contribution is -2.11. The Labute approximate surface area is 126 Å². The maximum absolute atomic E-state index is 5.86. The van der Waals surface area contributed by atoms with Crippen LogP contribution in [-0.2, 0) is 12.0 Å². The topological polar surface area (TPSA) is 47.0 Å². The number of benzene rings is 1. The van der Waals surface area contributed by atoms with Crippen molar-refractivity contribution in [2.45, 2.75) is 39.7 Å². The van der Waals surface area contributed by atoms with Crippen LogP contribution in [0.5, 0.6) is 11.6 Å². The summed E-state index contributed by atoms with van der Waals surface area (Å²) in [4.78, 5) is 8.58. The molecule has 112 valence electrons. The van der Waals surface area contributed by atoms with E-state index in [2.05, 4.69) is 55.1 Å². The first-order chi connectivity index (χ1) is 9.90. The van der Waals surface area contributed by atoms with E-state index in [-0.39, 0.29) is 5.41 Å². The Kier molecular flexibility index (Phi) is 4.58. The molecule has 0 spiro atoms. The Balaban J connectivity index is 2.22. The first-order valence-electron chi connectivity index (χ1n) is 7.14. The molecule has 1 aromatic carbocycles. The average molecular weight is 285 g/mol. The second-order valence-corrected chi connectivity index (χ2v) is 6.21. The number of nitrogens with one attached hydrogen (secondary N) is 1. The molecule has 0 aliphatic heterocycles. The van der Waals surface area contributed by atoms with Crippen molar-refractivity contribution in [2.24, 2.45) is 0 Å². The summed E-state index contributed by atoms with van der Waals surface area (Å²) in [5.41, 5.74) is 3.39. The fraction of sp³-hybridized carbons (Fsp3) is 0.412. The standard InChI is InChI=1S/C17H23N3O/c1-12-8-13(17(2,3)4)6-7-15(12)21-16-11-19-10-14(20-16)9-18-5/h6-8,10-11,18H,9H2,1-5H3. The molecule has 21 heavy (non-hydrogen) atoms. The molecule has 2 rings (SSSR count). The van der Waals surface area contributed by atoms with Crippen molar-refractivity contribution in [3.8, 4) is 11.6 Å². The average Bonchev–Trinajstić information content (AvgIpc) is 2.41. The minimum Gasteiger partial charge on any atom is -0.437 e. The van der Waals surface area contributed by atoms with E-state index < -0.39 is 0 Å². The largest absolute Gasteiger partial charge is 0.437 e. The van der Waals surface area contributed by atoms with E-state index >= 15 is 0 Å². The third-order valence-corrected chi connectivity index (χ3v) is 3.28. The van der Waals surface area contributed by atoms with Crippen LogP contribution in [0.2, 0.25) is 0 Å². The number of hydrogen-bond acceptors (Lipinski definition) is 4. The molecule has 0 aliphatic rings. The molecular formula is C17H23N3O. The lowest BCUT2D eigenvalue weighted by atomic mass is 9.86. The van der Waals surface area contributed by atoms with Gasteiger partial charge in [0.2, 0.25) is 5.88 Å². The van der Waals surface area contributed by atoms with Crippen LogP contribution in [0.3, 0.4) is 0 Å². The van der Waals surface area contributed by atoms with Gasteiger partial charge in [-0.2, -0.15) is 0 Å². The summed E-state index contributed by atoms with van der Waals surface area (Å²) in [5.74, 6) is 1.34. The van der Waals surface area contributed by atoms with Crippen LogP contribution in [0.4, 0.5) is 0 Å². The summed E-state index contributed by atoms with van der Waals surface area (Å²) < 4.78 is 5.86. The molecule has 0 radical (unpaired) electrons. The predicted octanol–water partition coefficient (Wildman–Crippen LogP) is 3.59. The lowest BCUT2D eigenvalue weighted by Gasteiger charge is -2.20. The smallest absolute Gasteiger partial charge is 0.238 e. The number of aryl methyl sites for hydroxylation is 1. The van der Waals surface area contributed by atoms with Crippen molar-refractivity contribution < 1.29 is 4.74 Å². The van der Waals surface area contributed by atoms with Crippen LogP contribution in [0.1, 0.15) is 37.6 Å². The molecule has 1 heterocycles. The normalized spacial score (nSPS) is 11.5. The molecule has 2 aromatic rings. The predicted molar refractivity (Wildman–Crippen MR) is 84.7 cm³/mol. The maximum atomic E-state index is 5.86. The summed E-state index contributed by atoms with van der Waals surface area (Å²) in [6, 6.07) is 6.27. The molecule has 0 amide bonds. The molecule has 0 fully saturated rings. The third kappa shape index (κ3) is 4.02. The van der Waals surface area contributed by atoms with Gasteiger partial charge in [-0.1, -0.05) is 32.9 Å². The van der Waals surface area contributed by atoms with Gasteiger partial charge in [0.05, 0.1) is 11.9 Å². The monoisotopic (exact) mass is 285 g/mol. The number of aromatic nitrogens is 2. The van der Waals surface area contributed by atoms with Crippen molar-refractivity contribution in [3.05, 3.63) is 47.4 Å². The van der Waals surface area contributed by atoms with Crippen molar-refractivity contribution in [1.29, 1.82) is 0 Å². The van der Waals surface area contributed by atoms with E-state index in [1.54, 1.807) is 12.4 Å². The van der Waals surface area contributed by atoms with E-state index in [4.69, 9.17) is 4.74 Å². The van der Waals surface area contributed by atoms with E-state index in [1.807, 2.05) is 13.1 Å². The third-order valence-electron chi connectivity index (χ3n) is 3.28. The second-order valence-electron chi connectivity index (χ2n) is 6.21. The van der Waals surface area contributed by atoms with Gasteiger partial charge in [-0.25, -0.2) is 4.98 Å². The highest BCUT2D eigenvalue weighted by molar-refractivity contribution is 5.40. The van der Waals surface area contributed by atoms with Crippen molar-refractivity contribution in [3.63, 3.8) is 0 Å². The zero-order valence-electron chi connectivity index (χ0n) is 13.4. The summed E-state index contributed by atoms with van der Waals surface area (Å²) in [7, 11) is 1.88. The van der Waals surface area contributed by atoms with Gasteiger partial charge in [0.1, 0.15) is 5.75 Å². The zero-order valence-corrected chi connectivity index (χ0v) is 13.4. The molecule has 0 bridgehead atoms. The van der Waals surface area contributed by atoms with Gasteiger partial charge in [0.15, 0.2) is 0 Å². The van der Waals surface area contributed by atoms with Crippen molar-refractivity contribution in [2.75, 3.05) is 7.05 Å². The number of nitrogens with zero attached hydrogens (tertiary/aromatic N) is 2. The second kappa shape index (κ2) is 6.22. The van der Waals surface area contributed by atoms with Gasteiger partial charge in [-0.15, -0.1) is 0 Å². The van der Waals surface area contributed by atoms with Crippen molar-refractivity contribution in [1.82, 2.24) is 15.3 Å². The molecular weight excluding hydrogens is 262 g/mol. The Morgan fingerprint density at radius 1 is 1.19 bits per heavy atom. The molecule has 0 saturated carbocycles. The van der Waals surface area contributed by atoms with E-state index in [1.165, 1.54) is 5.56 Å². The van der Waals surface area contributed by atoms with Gasteiger partial charge in [-0.05, 0) is 36.6 Å². The molecule has 0 aliphatic carbocycles. The first kappa shape index (κ1) is 15.4. The molecule has 1 N–H and O–H groups in total. The van der Waals surface area contributed by atoms with Gasteiger partial charge in [0.25, 0.3) is 0 Å². The highest BCUT2D eigenvalue weighted by Crippen LogP contribution is 2.29. The summed E-state index contributed by atoms with van der Waals surface area (Å²) in [6.45, 7) is 9.33. The Bertz CT molecular complexity index is 618. The minimum atomic E-state index is 0.135. The Morgan fingerprint density at radius 2 is 1.95 bits per heavy atom. The molecule has 0 saturated heterocycles. The first-order valence-corrected chi connectivity index (χ1v) is 7.14. The fourth-order valence-electron chi connectivity index (χ4n) is 2.04. The number of ether oxygens (including phenoxy) is 1. The number of hydrogen-bond donors (Lipinski definition) is 1. The van der Waals surface area contributed by atoms with Crippen LogP contribution in [0.25, 0.3) is 0 Å². The van der Waals surface area contributed by atoms with E-state index in [0.717, 1.165) is 17.0 Å². The van der Waals surface area contributed by atoms with Gasteiger partial charge in [0, 0.05) is 12.7 Å². The fourth-order valence-corrected chi connectivity index (χ4v) is 2.04. The van der Waals surface area contributed by atoms with Crippen LogP contribution >= 0.6 is 0 Å². The van der Waals surface area contributed by atoms with Crippen molar-refractivity contribution >= 4 is 0 Å². The highest BCUT2D eigenvalue weighted by Gasteiger charge is 2.15. The van der Waals surface area contributed by atoms with Crippen LogP contribution < -0.4 is 10.1 Å². The number of rotatable bonds is 4. The van der Waals surface area contributed by atoms with Gasteiger partial charge < -0.3 is 10.1 Å². The molecule has 0 unspecified atom stereocenters. The van der Waals surface area contributed by atoms with Crippen LogP contribution in [0, 0.1) is 6.92 Å². The van der Waals surface area contributed by atoms with Crippen LogP contribution in [-0.4, -0.2) is 17.0 Å². The molecule has 0 atom stereocenters. The highest BCUT2D eigenvalue weighted by atomic mass is 16.5. The van der Waals surface area contributed by atoms with Gasteiger partial charge in [-0.3, -0.25) is 4.98 Å². The minimum absolute atomic E-state index is 0.135. The maximum Gasteiger partial charge on any atom is 0.238 e. The van der Waals surface area contributed by atoms with E-state index in [9.17, 15) is 0 Å².